The molecule has 1 aromatic heterocycles. The number of fused-ring (bicyclic) bond motifs is 1. The summed E-state index contributed by atoms with van der Waals surface area (Å²) in [5.41, 5.74) is 2.15. The number of piperazine rings is 1. The van der Waals surface area contributed by atoms with Crippen LogP contribution in [0.4, 0.5) is 5.69 Å². The molecule has 0 saturated carbocycles. The summed E-state index contributed by atoms with van der Waals surface area (Å²) in [6, 6.07) is 6.36. The SMILES string of the molecule is COc1ncnc2ccc(N3CCN(CC4CCCOC4)CC3)cc12. The molecular formula is C19H26N4O2. The molecule has 1 atom stereocenters. The highest BCUT2D eigenvalue weighted by atomic mass is 16.5. The second-order valence-corrected chi connectivity index (χ2v) is 6.96. The van der Waals surface area contributed by atoms with E-state index in [9.17, 15) is 0 Å². The molecule has 0 spiro atoms. The van der Waals surface area contributed by atoms with E-state index in [4.69, 9.17) is 9.47 Å². The van der Waals surface area contributed by atoms with Gasteiger partial charge in [0.05, 0.1) is 24.6 Å². The maximum absolute atomic E-state index is 5.62. The summed E-state index contributed by atoms with van der Waals surface area (Å²) >= 11 is 0. The third-order valence-electron chi connectivity index (χ3n) is 5.28. The minimum atomic E-state index is 0.641. The molecule has 6 heteroatoms. The fourth-order valence-electron chi connectivity index (χ4n) is 3.89. The van der Waals surface area contributed by atoms with E-state index in [-0.39, 0.29) is 0 Å². The van der Waals surface area contributed by atoms with Crippen LogP contribution in [0.1, 0.15) is 12.8 Å². The quantitative estimate of drug-likeness (QED) is 0.849. The van der Waals surface area contributed by atoms with Gasteiger partial charge in [-0.2, -0.15) is 0 Å². The van der Waals surface area contributed by atoms with Gasteiger partial charge in [-0.3, -0.25) is 4.90 Å². The van der Waals surface area contributed by atoms with Crippen molar-refractivity contribution in [2.24, 2.45) is 5.92 Å². The van der Waals surface area contributed by atoms with E-state index < -0.39 is 0 Å². The average Bonchev–Trinajstić information content (AvgIpc) is 2.68. The minimum absolute atomic E-state index is 0.641. The second kappa shape index (κ2) is 7.54. The second-order valence-electron chi connectivity index (χ2n) is 6.96. The maximum Gasteiger partial charge on any atom is 0.224 e. The molecule has 0 bridgehead atoms. The average molecular weight is 342 g/mol. The molecule has 3 heterocycles. The molecule has 1 aromatic carbocycles. The first-order valence-corrected chi connectivity index (χ1v) is 9.17. The van der Waals surface area contributed by atoms with Gasteiger partial charge >= 0.3 is 0 Å². The summed E-state index contributed by atoms with van der Waals surface area (Å²) in [6.07, 6.45) is 4.07. The van der Waals surface area contributed by atoms with Gasteiger partial charge < -0.3 is 14.4 Å². The summed E-state index contributed by atoms with van der Waals surface area (Å²) < 4.78 is 11.0. The minimum Gasteiger partial charge on any atom is -0.480 e. The fourth-order valence-corrected chi connectivity index (χ4v) is 3.89. The highest BCUT2D eigenvalue weighted by Gasteiger charge is 2.22. The first-order valence-electron chi connectivity index (χ1n) is 9.17. The Hall–Kier alpha value is -1.92. The summed E-state index contributed by atoms with van der Waals surface area (Å²) in [5.74, 6) is 1.35. The third kappa shape index (κ3) is 3.70. The normalized spacial score (nSPS) is 22.3. The third-order valence-corrected chi connectivity index (χ3v) is 5.28. The van der Waals surface area contributed by atoms with Crippen molar-refractivity contribution in [3.8, 4) is 5.88 Å². The molecule has 4 rings (SSSR count). The van der Waals surface area contributed by atoms with E-state index in [1.54, 1.807) is 13.4 Å². The van der Waals surface area contributed by atoms with Crippen molar-refractivity contribution in [3.05, 3.63) is 24.5 Å². The van der Waals surface area contributed by atoms with Gasteiger partial charge in [0.1, 0.15) is 6.33 Å². The van der Waals surface area contributed by atoms with Crippen LogP contribution in [0.5, 0.6) is 5.88 Å². The van der Waals surface area contributed by atoms with Crippen molar-refractivity contribution in [2.75, 3.05) is 57.9 Å². The van der Waals surface area contributed by atoms with E-state index in [0.717, 1.165) is 50.3 Å². The largest absolute Gasteiger partial charge is 0.480 e. The van der Waals surface area contributed by atoms with Crippen molar-refractivity contribution in [3.63, 3.8) is 0 Å². The van der Waals surface area contributed by atoms with E-state index >= 15 is 0 Å². The van der Waals surface area contributed by atoms with Crippen LogP contribution in [0.25, 0.3) is 10.9 Å². The number of rotatable bonds is 4. The van der Waals surface area contributed by atoms with Crippen LogP contribution in [0.3, 0.4) is 0 Å². The van der Waals surface area contributed by atoms with Crippen LogP contribution in [0, 0.1) is 5.92 Å². The lowest BCUT2D eigenvalue weighted by Crippen LogP contribution is -2.48. The zero-order chi connectivity index (χ0) is 17.1. The molecule has 2 saturated heterocycles. The van der Waals surface area contributed by atoms with Gasteiger partial charge in [0, 0.05) is 45.0 Å². The Kier molecular flexibility index (Phi) is 4.99. The Morgan fingerprint density at radius 1 is 1.20 bits per heavy atom. The Balaban J connectivity index is 1.41. The van der Waals surface area contributed by atoms with E-state index in [1.165, 1.54) is 25.1 Å². The summed E-state index contributed by atoms with van der Waals surface area (Å²) in [5, 5.41) is 0.976. The molecule has 0 N–H and O–H groups in total. The first-order chi connectivity index (χ1) is 12.3. The predicted octanol–water partition coefficient (Wildman–Crippen LogP) is 2.19. The summed E-state index contributed by atoms with van der Waals surface area (Å²) in [4.78, 5) is 13.6. The molecule has 25 heavy (non-hydrogen) atoms. The van der Waals surface area contributed by atoms with Crippen LogP contribution in [-0.4, -0.2) is 67.9 Å². The van der Waals surface area contributed by atoms with Gasteiger partial charge in [0.25, 0.3) is 0 Å². The lowest BCUT2D eigenvalue weighted by Gasteiger charge is -2.38. The summed E-state index contributed by atoms with van der Waals surface area (Å²) in [6.45, 7) is 7.37. The molecule has 6 nitrogen and oxygen atoms in total. The number of benzene rings is 1. The number of hydrogen-bond acceptors (Lipinski definition) is 6. The molecule has 1 unspecified atom stereocenters. The first kappa shape index (κ1) is 16.5. The zero-order valence-electron chi connectivity index (χ0n) is 14.9. The van der Waals surface area contributed by atoms with Crippen LogP contribution < -0.4 is 9.64 Å². The van der Waals surface area contributed by atoms with Gasteiger partial charge in [0.2, 0.25) is 5.88 Å². The number of ether oxygens (including phenoxy) is 2. The van der Waals surface area contributed by atoms with E-state index in [0.29, 0.717) is 11.8 Å². The predicted molar refractivity (Wildman–Crippen MR) is 98.3 cm³/mol. The van der Waals surface area contributed by atoms with Crippen LogP contribution in [-0.2, 0) is 4.74 Å². The Labute approximate surface area is 148 Å². The molecule has 0 aliphatic carbocycles. The number of methoxy groups -OCH3 is 1. The highest BCUT2D eigenvalue weighted by molar-refractivity contribution is 5.86. The number of nitrogens with zero attached hydrogens (tertiary/aromatic N) is 4. The molecule has 2 fully saturated rings. The Morgan fingerprint density at radius 3 is 2.84 bits per heavy atom. The molecule has 2 aliphatic heterocycles. The number of hydrogen-bond donors (Lipinski definition) is 0. The van der Waals surface area contributed by atoms with Crippen molar-refractivity contribution >= 4 is 16.6 Å². The van der Waals surface area contributed by atoms with Crippen LogP contribution in [0.15, 0.2) is 24.5 Å². The van der Waals surface area contributed by atoms with Crippen LogP contribution in [0.2, 0.25) is 0 Å². The Morgan fingerprint density at radius 2 is 2.08 bits per heavy atom. The van der Waals surface area contributed by atoms with Crippen LogP contribution >= 0.6 is 0 Å². The molecule has 2 aliphatic rings. The van der Waals surface area contributed by atoms with E-state index in [1.807, 2.05) is 0 Å². The molecule has 0 radical (unpaired) electrons. The van der Waals surface area contributed by atoms with Gasteiger partial charge in [-0.25, -0.2) is 9.97 Å². The monoisotopic (exact) mass is 342 g/mol. The molecular weight excluding hydrogens is 316 g/mol. The smallest absolute Gasteiger partial charge is 0.224 e. The Bertz CT molecular complexity index is 710. The topological polar surface area (TPSA) is 50.7 Å². The summed E-state index contributed by atoms with van der Waals surface area (Å²) in [7, 11) is 1.65. The van der Waals surface area contributed by atoms with Gasteiger partial charge in [-0.1, -0.05) is 0 Å². The van der Waals surface area contributed by atoms with Crippen molar-refractivity contribution in [1.29, 1.82) is 0 Å². The van der Waals surface area contributed by atoms with Gasteiger partial charge in [-0.15, -0.1) is 0 Å². The van der Waals surface area contributed by atoms with Crippen molar-refractivity contribution < 1.29 is 9.47 Å². The molecule has 0 amide bonds. The molecule has 2 aromatic rings. The fraction of sp³-hybridized carbons (Fsp3) is 0.579. The standard InChI is InChI=1S/C19H26N4O2/c1-24-19-17-11-16(4-5-18(17)20-14-21-19)23-8-6-22(7-9-23)12-15-3-2-10-25-13-15/h4-5,11,14-15H,2-3,6-10,12-13H2,1H3. The van der Waals surface area contributed by atoms with Gasteiger partial charge in [-0.05, 0) is 37.0 Å². The van der Waals surface area contributed by atoms with E-state index in [2.05, 4.69) is 38.0 Å². The zero-order valence-corrected chi connectivity index (χ0v) is 14.9. The van der Waals surface area contributed by atoms with Gasteiger partial charge in [0.15, 0.2) is 0 Å². The molecule has 134 valence electrons. The maximum atomic E-state index is 5.62. The number of aromatic nitrogens is 2. The lowest BCUT2D eigenvalue weighted by atomic mass is 10.0. The number of anilines is 1. The lowest BCUT2D eigenvalue weighted by molar-refractivity contribution is 0.0377. The van der Waals surface area contributed by atoms with Crippen molar-refractivity contribution in [2.45, 2.75) is 12.8 Å². The van der Waals surface area contributed by atoms with Crippen molar-refractivity contribution in [1.82, 2.24) is 14.9 Å². The highest BCUT2D eigenvalue weighted by Crippen LogP contribution is 2.27.